The molecule has 0 aliphatic heterocycles. The summed E-state index contributed by atoms with van der Waals surface area (Å²) in [5, 5.41) is 8.92. The summed E-state index contributed by atoms with van der Waals surface area (Å²) in [6.45, 7) is 0. The Morgan fingerprint density at radius 1 is 1.29 bits per heavy atom. The normalized spacial score (nSPS) is 16.9. The number of hydrogen-bond donors (Lipinski definition) is 2. The Bertz CT molecular complexity index is 340. The van der Waals surface area contributed by atoms with E-state index < -0.39 is 11.5 Å². The molecular weight excluding hydrogens is 202 g/mol. The highest BCUT2D eigenvalue weighted by Crippen LogP contribution is 2.28. The van der Waals surface area contributed by atoms with Crippen LogP contribution in [-0.4, -0.2) is 16.6 Å². The topological polar surface area (TPSA) is 63.3 Å². The molecule has 3 nitrogen and oxygen atoms in total. The molecule has 1 aliphatic carbocycles. The molecule has 0 fully saturated rings. The van der Waals surface area contributed by atoms with Gasteiger partial charge in [0.1, 0.15) is 5.54 Å². The van der Waals surface area contributed by atoms with Crippen molar-refractivity contribution in [3.05, 3.63) is 35.4 Å². The Morgan fingerprint density at radius 2 is 1.71 bits per heavy atom. The van der Waals surface area contributed by atoms with Crippen molar-refractivity contribution in [2.75, 3.05) is 0 Å². The Labute approximate surface area is 88.3 Å². The number of fused-ring (bicyclic) bond motifs is 1. The first kappa shape index (κ1) is 11.0. The number of carboxylic acids is 1. The fraction of sp³-hybridized carbons (Fsp3) is 0.300. The quantitative estimate of drug-likeness (QED) is 0.731. The summed E-state index contributed by atoms with van der Waals surface area (Å²) in [7, 11) is 0. The highest BCUT2D eigenvalue weighted by Gasteiger charge is 2.39. The van der Waals surface area contributed by atoms with Crippen molar-refractivity contribution < 1.29 is 9.90 Å². The van der Waals surface area contributed by atoms with Crippen LogP contribution in [0.4, 0.5) is 0 Å². The predicted molar refractivity (Wildman–Crippen MR) is 55.7 cm³/mol. The summed E-state index contributed by atoms with van der Waals surface area (Å²) >= 11 is 0. The van der Waals surface area contributed by atoms with E-state index in [1.54, 1.807) is 0 Å². The van der Waals surface area contributed by atoms with E-state index in [1.165, 1.54) is 0 Å². The molecule has 0 saturated carbocycles. The zero-order valence-electron chi connectivity index (χ0n) is 7.56. The van der Waals surface area contributed by atoms with Crippen molar-refractivity contribution >= 4 is 18.4 Å². The molecule has 0 amide bonds. The molecule has 0 radical (unpaired) electrons. The molecule has 4 heteroatoms. The number of rotatable bonds is 1. The van der Waals surface area contributed by atoms with Crippen LogP contribution in [0.1, 0.15) is 11.1 Å². The summed E-state index contributed by atoms with van der Waals surface area (Å²) in [6, 6.07) is 7.69. The molecule has 1 aliphatic rings. The first-order chi connectivity index (χ1) is 6.12. The van der Waals surface area contributed by atoms with Gasteiger partial charge in [-0.3, -0.25) is 4.79 Å². The van der Waals surface area contributed by atoms with Crippen LogP contribution in [0.15, 0.2) is 24.3 Å². The lowest BCUT2D eigenvalue weighted by molar-refractivity contribution is -0.142. The number of carbonyl (C=O) groups is 1. The molecule has 0 atom stereocenters. The predicted octanol–water partition coefficient (Wildman–Crippen LogP) is 0.989. The van der Waals surface area contributed by atoms with Gasteiger partial charge in [-0.1, -0.05) is 24.3 Å². The van der Waals surface area contributed by atoms with Crippen LogP contribution in [0.2, 0.25) is 0 Å². The van der Waals surface area contributed by atoms with Crippen LogP contribution >= 0.6 is 12.4 Å². The summed E-state index contributed by atoms with van der Waals surface area (Å²) in [4.78, 5) is 10.9. The van der Waals surface area contributed by atoms with E-state index in [2.05, 4.69) is 0 Å². The first-order valence-electron chi connectivity index (χ1n) is 4.21. The SMILES string of the molecule is Cl.NC1(C(=O)O)Cc2ccccc2C1. The second-order valence-electron chi connectivity index (χ2n) is 3.58. The lowest BCUT2D eigenvalue weighted by Gasteiger charge is -2.16. The van der Waals surface area contributed by atoms with Gasteiger partial charge in [-0.05, 0) is 11.1 Å². The third kappa shape index (κ3) is 1.61. The average molecular weight is 214 g/mol. The number of halogens is 1. The van der Waals surface area contributed by atoms with Gasteiger partial charge in [-0.25, -0.2) is 0 Å². The van der Waals surface area contributed by atoms with Crippen LogP contribution in [-0.2, 0) is 17.6 Å². The summed E-state index contributed by atoms with van der Waals surface area (Å²) in [5.74, 6) is -0.913. The Kier molecular flexibility index (Phi) is 2.83. The molecule has 0 spiro atoms. The fourth-order valence-corrected chi connectivity index (χ4v) is 1.80. The van der Waals surface area contributed by atoms with Crippen molar-refractivity contribution in [3.63, 3.8) is 0 Å². The molecule has 76 valence electrons. The van der Waals surface area contributed by atoms with Crippen molar-refractivity contribution in [1.29, 1.82) is 0 Å². The molecule has 3 N–H and O–H groups in total. The maximum atomic E-state index is 10.9. The van der Waals surface area contributed by atoms with Gasteiger partial charge < -0.3 is 10.8 Å². The third-order valence-electron chi connectivity index (χ3n) is 2.56. The van der Waals surface area contributed by atoms with Gasteiger partial charge in [0.05, 0.1) is 0 Å². The van der Waals surface area contributed by atoms with Gasteiger partial charge in [0.15, 0.2) is 0 Å². The zero-order valence-corrected chi connectivity index (χ0v) is 8.38. The third-order valence-corrected chi connectivity index (χ3v) is 2.56. The molecule has 1 aromatic rings. The molecule has 0 aromatic heterocycles. The van der Waals surface area contributed by atoms with E-state index in [0.29, 0.717) is 12.8 Å². The molecular formula is C10H12ClNO2. The standard InChI is InChI=1S/C10H11NO2.ClH/c11-10(9(12)13)5-7-3-1-2-4-8(7)6-10;/h1-4H,5-6,11H2,(H,12,13);1H. The van der Waals surface area contributed by atoms with E-state index in [9.17, 15) is 4.79 Å². The Morgan fingerprint density at radius 3 is 2.07 bits per heavy atom. The number of carboxylic acid groups (broad SMARTS) is 1. The maximum Gasteiger partial charge on any atom is 0.324 e. The lowest BCUT2D eigenvalue weighted by atomic mass is 9.98. The number of nitrogens with two attached hydrogens (primary N) is 1. The van der Waals surface area contributed by atoms with E-state index in [-0.39, 0.29) is 12.4 Å². The van der Waals surface area contributed by atoms with Crippen molar-refractivity contribution in [3.8, 4) is 0 Å². The van der Waals surface area contributed by atoms with Gasteiger partial charge in [-0.15, -0.1) is 12.4 Å². The molecule has 2 rings (SSSR count). The summed E-state index contributed by atoms with van der Waals surface area (Å²) in [6.07, 6.45) is 0.886. The van der Waals surface area contributed by atoms with Gasteiger partial charge in [0.2, 0.25) is 0 Å². The van der Waals surface area contributed by atoms with Crippen LogP contribution in [0.3, 0.4) is 0 Å². The van der Waals surface area contributed by atoms with Crippen LogP contribution in [0.25, 0.3) is 0 Å². The van der Waals surface area contributed by atoms with Crippen molar-refractivity contribution in [2.45, 2.75) is 18.4 Å². The average Bonchev–Trinajstić information content (AvgIpc) is 2.42. The highest BCUT2D eigenvalue weighted by molar-refractivity contribution is 5.85. The van der Waals surface area contributed by atoms with Gasteiger partial charge >= 0.3 is 5.97 Å². The second kappa shape index (κ2) is 3.59. The smallest absolute Gasteiger partial charge is 0.324 e. The van der Waals surface area contributed by atoms with E-state index in [0.717, 1.165) is 11.1 Å². The van der Waals surface area contributed by atoms with Crippen LogP contribution in [0.5, 0.6) is 0 Å². The summed E-state index contributed by atoms with van der Waals surface area (Å²) in [5.41, 5.74) is 6.80. The number of aliphatic carboxylic acids is 1. The van der Waals surface area contributed by atoms with E-state index in [1.807, 2.05) is 24.3 Å². The largest absolute Gasteiger partial charge is 0.480 e. The van der Waals surface area contributed by atoms with E-state index in [4.69, 9.17) is 10.8 Å². The minimum Gasteiger partial charge on any atom is -0.480 e. The Balaban J connectivity index is 0.000000980. The minimum atomic E-state index is -1.08. The number of hydrogen-bond acceptors (Lipinski definition) is 2. The molecule has 0 saturated heterocycles. The lowest BCUT2D eigenvalue weighted by Crippen LogP contribution is -2.48. The monoisotopic (exact) mass is 213 g/mol. The van der Waals surface area contributed by atoms with Crippen molar-refractivity contribution in [1.82, 2.24) is 0 Å². The first-order valence-corrected chi connectivity index (χ1v) is 4.21. The van der Waals surface area contributed by atoms with E-state index >= 15 is 0 Å². The molecule has 14 heavy (non-hydrogen) atoms. The highest BCUT2D eigenvalue weighted by atomic mass is 35.5. The van der Waals surface area contributed by atoms with Gasteiger partial charge in [0.25, 0.3) is 0 Å². The van der Waals surface area contributed by atoms with Crippen molar-refractivity contribution in [2.24, 2.45) is 5.73 Å². The van der Waals surface area contributed by atoms with Crippen LogP contribution in [0, 0.1) is 0 Å². The molecule has 0 bridgehead atoms. The second-order valence-corrected chi connectivity index (χ2v) is 3.58. The van der Waals surface area contributed by atoms with Gasteiger partial charge in [0, 0.05) is 12.8 Å². The fourth-order valence-electron chi connectivity index (χ4n) is 1.80. The van der Waals surface area contributed by atoms with Crippen LogP contribution < -0.4 is 5.73 Å². The minimum absolute atomic E-state index is 0. The Hall–Kier alpha value is -1.06. The summed E-state index contributed by atoms with van der Waals surface area (Å²) < 4.78 is 0. The number of benzene rings is 1. The molecule has 1 aromatic carbocycles. The molecule has 0 heterocycles. The zero-order chi connectivity index (χ0) is 9.47. The van der Waals surface area contributed by atoms with Gasteiger partial charge in [-0.2, -0.15) is 0 Å². The molecule has 0 unspecified atom stereocenters. The maximum absolute atomic E-state index is 10.9.